The number of rotatable bonds is 5. The summed E-state index contributed by atoms with van der Waals surface area (Å²) in [6.07, 6.45) is -0.684. The number of benzene rings is 2. The molecule has 2 aromatic carbocycles. The summed E-state index contributed by atoms with van der Waals surface area (Å²) in [5.74, 6) is 0. The molecule has 0 spiro atoms. The Labute approximate surface area is 124 Å². The van der Waals surface area contributed by atoms with Crippen LogP contribution in [0.2, 0.25) is 0 Å². The van der Waals surface area contributed by atoms with Crippen LogP contribution in [-0.2, 0) is 25.9 Å². The van der Waals surface area contributed by atoms with E-state index in [-0.39, 0.29) is 4.90 Å². The predicted molar refractivity (Wildman–Crippen MR) is 78.3 cm³/mol. The molecule has 21 heavy (non-hydrogen) atoms. The molecule has 5 heteroatoms. The van der Waals surface area contributed by atoms with Crippen molar-refractivity contribution < 1.29 is 17.9 Å². The van der Waals surface area contributed by atoms with Crippen molar-refractivity contribution in [2.45, 2.75) is 30.2 Å². The molecule has 0 N–H and O–H groups in total. The summed E-state index contributed by atoms with van der Waals surface area (Å²) in [5.41, 5.74) is 1.10. The molecule has 2 atom stereocenters. The van der Waals surface area contributed by atoms with E-state index in [1.807, 2.05) is 37.3 Å². The fraction of sp³-hybridized carbons (Fsp3) is 0.250. The monoisotopic (exact) mass is 304 g/mol. The summed E-state index contributed by atoms with van der Waals surface area (Å²) in [4.78, 5) is 0.268. The number of hydrogen-bond donors (Lipinski definition) is 0. The van der Waals surface area contributed by atoms with Gasteiger partial charge in [-0.1, -0.05) is 48.0 Å². The van der Waals surface area contributed by atoms with Gasteiger partial charge in [-0.15, -0.1) is 0 Å². The minimum absolute atomic E-state index is 0.268. The first-order valence-electron chi connectivity index (χ1n) is 6.69. The summed E-state index contributed by atoms with van der Waals surface area (Å²) < 4.78 is 35.3. The van der Waals surface area contributed by atoms with Crippen molar-refractivity contribution >= 4 is 9.84 Å². The second-order valence-corrected chi connectivity index (χ2v) is 7.05. The Bertz CT molecular complexity index is 708. The highest BCUT2D eigenvalue weighted by Gasteiger charge is 2.51. The van der Waals surface area contributed by atoms with Gasteiger partial charge >= 0.3 is 0 Å². The molecule has 1 saturated heterocycles. The van der Waals surface area contributed by atoms with Gasteiger partial charge in [0, 0.05) is 0 Å². The third-order valence-corrected chi connectivity index (χ3v) is 5.20. The van der Waals surface area contributed by atoms with Crippen LogP contribution >= 0.6 is 0 Å². The van der Waals surface area contributed by atoms with E-state index in [4.69, 9.17) is 9.47 Å². The van der Waals surface area contributed by atoms with Crippen molar-refractivity contribution in [2.24, 2.45) is 0 Å². The Morgan fingerprint density at radius 1 is 1.05 bits per heavy atom. The minimum atomic E-state index is -3.48. The van der Waals surface area contributed by atoms with Crippen LogP contribution < -0.4 is 0 Å². The largest absolute Gasteiger partial charge is 0.344 e. The minimum Gasteiger partial charge on any atom is -0.344 e. The lowest BCUT2D eigenvalue weighted by Gasteiger charge is -2.03. The zero-order valence-corrected chi connectivity index (χ0v) is 12.4. The van der Waals surface area contributed by atoms with Gasteiger partial charge in [-0.2, -0.15) is 0 Å². The number of aryl methyl sites for hydroxylation is 1. The van der Waals surface area contributed by atoms with E-state index in [1.165, 1.54) is 0 Å². The smallest absolute Gasteiger partial charge is 0.216 e. The molecule has 0 aromatic heterocycles. The Morgan fingerprint density at radius 3 is 2.38 bits per heavy atom. The summed E-state index contributed by atoms with van der Waals surface area (Å²) in [6, 6.07) is 16.3. The van der Waals surface area contributed by atoms with Crippen LogP contribution in [0.5, 0.6) is 0 Å². The lowest BCUT2D eigenvalue weighted by atomic mass is 10.2. The Balaban J connectivity index is 1.63. The fourth-order valence-corrected chi connectivity index (χ4v) is 3.45. The zero-order chi connectivity index (χ0) is 14.9. The van der Waals surface area contributed by atoms with Crippen LogP contribution in [0.1, 0.15) is 11.1 Å². The van der Waals surface area contributed by atoms with E-state index in [9.17, 15) is 8.42 Å². The van der Waals surface area contributed by atoms with Gasteiger partial charge in [-0.05, 0) is 24.6 Å². The number of epoxide rings is 1. The molecule has 4 nitrogen and oxygen atoms in total. The molecule has 0 aliphatic carbocycles. The van der Waals surface area contributed by atoms with Crippen LogP contribution in [0.25, 0.3) is 0 Å². The molecule has 0 unspecified atom stereocenters. The highest BCUT2D eigenvalue weighted by atomic mass is 32.2. The lowest BCUT2D eigenvalue weighted by molar-refractivity contribution is 0.0386. The van der Waals surface area contributed by atoms with E-state index in [1.54, 1.807) is 24.3 Å². The average Bonchev–Trinajstić information content (AvgIpc) is 3.27. The molecule has 1 aliphatic heterocycles. The van der Waals surface area contributed by atoms with Crippen LogP contribution in [0.15, 0.2) is 59.5 Å². The van der Waals surface area contributed by atoms with Crippen molar-refractivity contribution in [1.29, 1.82) is 0 Å². The lowest BCUT2D eigenvalue weighted by Crippen LogP contribution is -2.13. The first kappa shape index (κ1) is 14.3. The Hall–Kier alpha value is -1.69. The third-order valence-electron chi connectivity index (χ3n) is 3.33. The average molecular weight is 304 g/mol. The predicted octanol–water partition coefficient (Wildman–Crippen LogP) is 2.67. The SMILES string of the molecule is Cc1ccc(S(=O)(=O)[C@H]2O[C@@H]2OCc2ccccc2)cc1. The van der Waals surface area contributed by atoms with Crippen molar-refractivity contribution in [3.63, 3.8) is 0 Å². The van der Waals surface area contributed by atoms with Crippen molar-refractivity contribution in [1.82, 2.24) is 0 Å². The molecule has 2 aromatic rings. The molecule has 0 bridgehead atoms. The molecule has 1 heterocycles. The van der Waals surface area contributed by atoms with Gasteiger partial charge in [0.25, 0.3) is 0 Å². The van der Waals surface area contributed by atoms with Gasteiger partial charge in [-0.3, -0.25) is 0 Å². The van der Waals surface area contributed by atoms with Gasteiger partial charge in [-0.25, -0.2) is 8.42 Å². The molecule has 3 rings (SSSR count). The summed E-state index contributed by atoms with van der Waals surface area (Å²) in [5, 5.41) is 0. The maximum Gasteiger partial charge on any atom is 0.216 e. The standard InChI is InChI=1S/C16H16O4S/c1-12-7-9-14(10-8-12)21(17,18)16-15(20-16)19-11-13-5-3-2-4-6-13/h2-10,15-16H,11H2,1H3/t15-,16+/m0/s1. The zero-order valence-electron chi connectivity index (χ0n) is 11.6. The van der Waals surface area contributed by atoms with Crippen molar-refractivity contribution in [3.05, 3.63) is 65.7 Å². The maximum atomic E-state index is 12.3. The molecule has 0 saturated carbocycles. The summed E-state index contributed by atoms with van der Waals surface area (Å²) >= 11 is 0. The molecule has 1 fully saturated rings. The van der Waals surface area contributed by atoms with E-state index in [0.29, 0.717) is 6.61 Å². The Morgan fingerprint density at radius 2 is 1.71 bits per heavy atom. The van der Waals surface area contributed by atoms with E-state index >= 15 is 0 Å². The Kier molecular flexibility index (Phi) is 3.80. The van der Waals surface area contributed by atoms with Gasteiger partial charge < -0.3 is 9.47 Å². The number of ether oxygens (including phenoxy) is 2. The van der Waals surface area contributed by atoms with Gasteiger partial charge in [0.05, 0.1) is 11.5 Å². The second-order valence-electron chi connectivity index (χ2n) is 5.03. The second kappa shape index (κ2) is 5.60. The van der Waals surface area contributed by atoms with Crippen molar-refractivity contribution in [2.75, 3.05) is 0 Å². The third kappa shape index (κ3) is 3.15. The highest BCUT2D eigenvalue weighted by Crippen LogP contribution is 2.34. The highest BCUT2D eigenvalue weighted by molar-refractivity contribution is 7.92. The molecule has 0 radical (unpaired) electrons. The first-order valence-corrected chi connectivity index (χ1v) is 8.23. The molecular weight excluding hydrogens is 288 g/mol. The van der Waals surface area contributed by atoms with Gasteiger partial charge in [0.15, 0.2) is 0 Å². The maximum absolute atomic E-state index is 12.3. The van der Waals surface area contributed by atoms with Crippen LogP contribution in [0.3, 0.4) is 0 Å². The van der Waals surface area contributed by atoms with E-state index < -0.39 is 21.6 Å². The van der Waals surface area contributed by atoms with Gasteiger partial charge in [0.1, 0.15) is 0 Å². The van der Waals surface area contributed by atoms with Crippen LogP contribution in [0, 0.1) is 6.92 Å². The first-order chi connectivity index (χ1) is 10.1. The molecule has 110 valence electrons. The normalized spacial score (nSPS) is 21.2. The molecule has 1 aliphatic rings. The van der Waals surface area contributed by atoms with E-state index in [0.717, 1.165) is 11.1 Å². The van der Waals surface area contributed by atoms with E-state index in [2.05, 4.69) is 0 Å². The fourth-order valence-electron chi connectivity index (χ4n) is 2.04. The number of hydrogen-bond acceptors (Lipinski definition) is 4. The molecule has 0 amide bonds. The topological polar surface area (TPSA) is 55.9 Å². The van der Waals surface area contributed by atoms with Gasteiger partial charge in [0.2, 0.25) is 21.6 Å². The van der Waals surface area contributed by atoms with Crippen LogP contribution in [0.4, 0.5) is 0 Å². The summed E-state index contributed by atoms with van der Waals surface area (Å²) in [7, 11) is -3.48. The molecular formula is C16H16O4S. The number of sulfone groups is 1. The van der Waals surface area contributed by atoms with Crippen molar-refractivity contribution in [3.8, 4) is 0 Å². The summed E-state index contributed by atoms with van der Waals surface area (Å²) in [6.45, 7) is 2.25. The van der Waals surface area contributed by atoms with Crippen LogP contribution in [-0.4, -0.2) is 20.1 Å². The quantitative estimate of drug-likeness (QED) is 0.797.